The van der Waals surface area contributed by atoms with Crippen LogP contribution < -0.4 is 9.47 Å². The second-order valence-corrected chi connectivity index (χ2v) is 4.93. The summed E-state index contributed by atoms with van der Waals surface area (Å²) in [7, 11) is 3.31. The lowest BCUT2D eigenvalue weighted by Crippen LogP contribution is -1.87. The maximum absolute atomic E-state index is 5.42. The van der Waals surface area contributed by atoms with Gasteiger partial charge < -0.3 is 14.0 Å². The molecule has 0 aliphatic carbocycles. The Balaban J connectivity index is 1.74. The Hall–Kier alpha value is -2.75. The summed E-state index contributed by atoms with van der Waals surface area (Å²) < 4.78 is 15.7. The Kier molecular flexibility index (Phi) is 4.10. The van der Waals surface area contributed by atoms with E-state index in [9.17, 15) is 0 Å². The normalized spacial score (nSPS) is 10.5. The lowest BCUT2D eigenvalue weighted by Gasteiger charge is -2.01. The zero-order valence-corrected chi connectivity index (χ0v) is 12.6. The summed E-state index contributed by atoms with van der Waals surface area (Å²) in [6, 6.07) is 17.6. The molecule has 0 radical (unpaired) electrons. The van der Waals surface area contributed by atoms with Gasteiger partial charge in [-0.2, -0.15) is 0 Å². The van der Waals surface area contributed by atoms with E-state index in [1.54, 1.807) is 14.2 Å². The average Bonchev–Trinajstić information content (AvgIpc) is 3.04. The van der Waals surface area contributed by atoms with Gasteiger partial charge in [-0.25, -0.2) is 0 Å². The zero-order chi connectivity index (χ0) is 15.4. The number of hydrogen-bond donors (Lipinski definition) is 0. The van der Waals surface area contributed by atoms with Crippen molar-refractivity contribution in [2.24, 2.45) is 0 Å². The molecule has 112 valence electrons. The quantitative estimate of drug-likeness (QED) is 0.715. The van der Waals surface area contributed by atoms with Gasteiger partial charge in [-0.1, -0.05) is 17.3 Å². The third kappa shape index (κ3) is 3.11. The Morgan fingerprint density at radius 1 is 0.864 bits per heavy atom. The summed E-state index contributed by atoms with van der Waals surface area (Å²) in [4.78, 5) is 0. The molecule has 3 aromatic rings. The topological polar surface area (TPSA) is 44.5 Å². The predicted octanol–water partition coefficient (Wildman–Crippen LogP) is 3.95. The van der Waals surface area contributed by atoms with Gasteiger partial charge in [0, 0.05) is 18.1 Å². The van der Waals surface area contributed by atoms with Gasteiger partial charge in [0.15, 0.2) is 0 Å². The number of hydrogen-bond acceptors (Lipinski definition) is 4. The zero-order valence-electron chi connectivity index (χ0n) is 12.6. The molecule has 22 heavy (non-hydrogen) atoms. The standard InChI is InChI=1S/C18H17NO3/c1-20-15-7-3-13(4-8-15)11-17-12-18(19-22-17)14-5-9-16(21-2)10-6-14/h3-10,12H,11H2,1-2H3. The van der Waals surface area contributed by atoms with Crippen LogP contribution in [0.5, 0.6) is 11.5 Å². The minimum Gasteiger partial charge on any atom is -0.497 e. The van der Waals surface area contributed by atoms with Crippen LogP contribution in [0.1, 0.15) is 11.3 Å². The van der Waals surface area contributed by atoms with E-state index >= 15 is 0 Å². The number of rotatable bonds is 5. The number of nitrogens with zero attached hydrogens (tertiary/aromatic N) is 1. The van der Waals surface area contributed by atoms with Gasteiger partial charge >= 0.3 is 0 Å². The first-order valence-corrected chi connectivity index (χ1v) is 7.01. The minimum absolute atomic E-state index is 0.702. The van der Waals surface area contributed by atoms with Crippen molar-refractivity contribution in [3.8, 4) is 22.8 Å². The average molecular weight is 295 g/mol. The fraction of sp³-hybridized carbons (Fsp3) is 0.167. The Labute approximate surface area is 129 Å². The van der Waals surface area contributed by atoms with Gasteiger partial charge in [0.1, 0.15) is 23.0 Å². The molecule has 0 fully saturated rings. The Morgan fingerprint density at radius 2 is 1.45 bits per heavy atom. The first-order valence-electron chi connectivity index (χ1n) is 7.01. The molecule has 0 saturated heterocycles. The van der Waals surface area contributed by atoms with Gasteiger partial charge in [0.05, 0.1) is 14.2 Å². The van der Waals surface area contributed by atoms with E-state index in [4.69, 9.17) is 14.0 Å². The molecule has 0 unspecified atom stereocenters. The second-order valence-electron chi connectivity index (χ2n) is 4.93. The van der Waals surface area contributed by atoms with E-state index in [-0.39, 0.29) is 0 Å². The third-order valence-electron chi connectivity index (χ3n) is 3.48. The minimum atomic E-state index is 0.702. The largest absolute Gasteiger partial charge is 0.497 e. The van der Waals surface area contributed by atoms with Crippen molar-refractivity contribution >= 4 is 0 Å². The van der Waals surface area contributed by atoms with Crippen molar-refractivity contribution in [1.29, 1.82) is 0 Å². The number of aromatic nitrogens is 1. The van der Waals surface area contributed by atoms with Gasteiger partial charge in [0.2, 0.25) is 0 Å². The van der Waals surface area contributed by atoms with Crippen LogP contribution in [0.15, 0.2) is 59.1 Å². The van der Waals surface area contributed by atoms with Crippen molar-refractivity contribution in [2.45, 2.75) is 6.42 Å². The van der Waals surface area contributed by atoms with Gasteiger partial charge in [-0.05, 0) is 42.0 Å². The van der Waals surface area contributed by atoms with Gasteiger partial charge in [0.25, 0.3) is 0 Å². The molecule has 0 saturated carbocycles. The number of ether oxygens (including phenoxy) is 2. The molecule has 0 atom stereocenters. The Bertz CT molecular complexity index is 730. The van der Waals surface area contributed by atoms with Crippen LogP contribution in [0.3, 0.4) is 0 Å². The third-order valence-corrected chi connectivity index (χ3v) is 3.48. The van der Waals surface area contributed by atoms with Crippen LogP contribution in [0.25, 0.3) is 11.3 Å². The van der Waals surface area contributed by atoms with Crippen LogP contribution in [0.4, 0.5) is 0 Å². The number of methoxy groups -OCH3 is 2. The molecule has 2 aromatic carbocycles. The fourth-order valence-electron chi connectivity index (χ4n) is 2.24. The van der Waals surface area contributed by atoms with Crippen LogP contribution in [0.2, 0.25) is 0 Å². The van der Waals surface area contributed by atoms with E-state index in [0.29, 0.717) is 6.42 Å². The summed E-state index contributed by atoms with van der Waals surface area (Å²) in [5.41, 5.74) is 2.98. The van der Waals surface area contributed by atoms with E-state index < -0.39 is 0 Å². The maximum Gasteiger partial charge on any atom is 0.141 e. The molecular formula is C18H17NO3. The van der Waals surface area contributed by atoms with Crippen molar-refractivity contribution in [3.63, 3.8) is 0 Å². The highest BCUT2D eigenvalue weighted by Crippen LogP contribution is 2.23. The molecule has 0 amide bonds. The highest BCUT2D eigenvalue weighted by atomic mass is 16.5. The van der Waals surface area contributed by atoms with Gasteiger partial charge in [-0.15, -0.1) is 0 Å². The molecule has 4 heteroatoms. The molecule has 0 aliphatic rings. The first kappa shape index (κ1) is 14.2. The first-order chi connectivity index (χ1) is 10.8. The van der Waals surface area contributed by atoms with Crippen LogP contribution >= 0.6 is 0 Å². The lowest BCUT2D eigenvalue weighted by atomic mass is 10.1. The van der Waals surface area contributed by atoms with Gasteiger partial charge in [-0.3, -0.25) is 0 Å². The van der Waals surface area contributed by atoms with Crippen molar-refractivity contribution in [1.82, 2.24) is 5.16 Å². The molecule has 3 rings (SSSR count). The molecule has 4 nitrogen and oxygen atoms in total. The molecular weight excluding hydrogens is 278 g/mol. The highest BCUT2D eigenvalue weighted by Gasteiger charge is 2.08. The van der Waals surface area contributed by atoms with E-state index in [2.05, 4.69) is 5.16 Å². The summed E-state index contributed by atoms with van der Waals surface area (Å²) in [6.45, 7) is 0. The smallest absolute Gasteiger partial charge is 0.141 e. The molecule has 0 spiro atoms. The van der Waals surface area contributed by atoms with Crippen LogP contribution in [-0.2, 0) is 6.42 Å². The molecule has 0 N–H and O–H groups in total. The molecule has 1 heterocycles. The van der Waals surface area contributed by atoms with E-state index in [1.807, 2.05) is 54.6 Å². The molecule has 0 aliphatic heterocycles. The maximum atomic E-state index is 5.42. The summed E-state index contributed by atoms with van der Waals surface area (Å²) in [5, 5.41) is 4.13. The predicted molar refractivity (Wildman–Crippen MR) is 84.3 cm³/mol. The van der Waals surface area contributed by atoms with Crippen molar-refractivity contribution in [3.05, 3.63) is 65.9 Å². The van der Waals surface area contributed by atoms with Crippen molar-refractivity contribution < 1.29 is 14.0 Å². The highest BCUT2D eigenvalue weighted by molar-refractivity contribution is 5.60. The van der Waals surface area contributed by atoms with E-state index in [1.165, 1.54) is 0 Å². The lowest BCUT2D eigenvalue weighted by molar-refractivity contribution is 0.391. The van der Waals surface area contributed by atoms with Crippen LogP contribution in [-0.4, -0.2) is 19.4 Å². The molecule has 0 bridgehead atoms. The summed E-state index contributed by atoms with van der Waals surface area (Å²) in [6.07, 6.45) is 0.702. The summed E-state index contributed by atoms with van der Waals surface area (Å²) in [5.74, 6) is 2.50. The number of benzene rings is 2. The molecule has 1 aromatic heterocycles. The van der Waals surface area contributed by atoms with E-state index in [0.717, 1.165) is 34.1 Å². The van der Waals surface area contributed by atoms with Crippen LogP contribution in [0, 0.1) is 0 Å². The SMILES string of the molecule is COc1ccc(Cc2cc(-c3ccc(OC)cc3)no2)cc1. The Morgan fingerprint density at radius 3 is 2.05 bits per heavy atom. The fourth-order valence-corrected chi connectivity index (χ4v) is 2.24. The van der Waals surface area contributed by atoms with Crippen molar-refractivity contribution in [2.75, 3.05) is 14.2 Å². The summed E-state index contributed by atoms with van der Waals surface area (Å²) >= 11 is 0. The second kappa shape index (κ2) is 6.35. The monoisotopic (exact) mass is 295 g/mol.